The van der Waals surface area contributed by atoms with Crippen LogP contribution in [0.15, 0.2) is 97.7 Å². The maximum absolute atomic E-state index is 14.0. The van der Waals surface area contributed by atoms with Crippen molar-refractivity contribution >= 4 is 34.8 Å². The number of carbonyl (C=O) groups excluding carboxylic acids is 2. The molecule has 230 valence electrons. The van der Waals surface area contributed by atoms with E-state index in [2.05, 4.69) is 32.5 Å². The molecule has 0 saturated heterocycles. The number of ether oxygens (including phenoxy) is 2. The topological polar surface area (TPSA) is 114 Å². The predicted molar refractivity (Wildman–Crippen MR) is 164 cm³/mol. The van der Waals surface area contributed by atoms with Gasteiger partial charge in [-0.1, -0.05) is 30.9 Å². The molecule has 2 heterocycles. The second-order valence-corrected chi connectivity index (χ2v) is 9.87. The minimum absolute atomic E-state index is 0.0825. The van der Waals surface area contributed by atoms with Crippen molar-refractivity contribution in [2.45, 2.75) is 19.2 Å². The Kier molecular flexibility index (Phi) is 9.54. The molecule has 4 aromatic rings. The minimum Gasteiger partial charge on any atom is -0.493 e. The van der Waals surface area contributed by atoms with Gasteiger partial charge in [-0.25, -0.2) is 9.97 Å². The number of hydrogen-bond donors (Lipinski definition) is 3. The van der Waals surface area contributed by atoms with E-state index in [4.69, 9.17) is 9.47 Å². The van der Waals surface area contributed by atoms with Crippen molar-refractivity contribution in [3.63, 3.8) is 0 Å². The highest BCUT2D eigenvalue weighted by Gasteiger charge is 2.35. The Balaban J connectivity index is 1.47. The first-order valence-corrected chi connectivity index (χ1v) is 13.8. The van der Waals surface area contributed by atoms with E-state index in [1.54, 1.807) is 54.6 Å². The zero-order valence-corrected chi connectivity index (χ0v) is 23.9. The van der Waals surface area contributed by atoms with Gasteiger partial charge in [-0.3, -0.25) is 9.59 Å². The predicted octanol–water partition coefficient (Wildman–Crippen LogP) is 7.14. The highest BCUT2D eigenvalue weighted by atomic mass is 19.4. The zero-order valence-electron chi connectivity index (χ0n) is 23.9. The third-order valence-electron chi connectivity index (χ3n) is 6.51. The first-order chi connectivity index (χ1) is 21.7. The number of nitrogens with zero attached hydrogens (tertiary/aromatic N) is 2. The second-order valence-electron chi connectivity index (χ2n) is 9.87. The summed E-state index contributed by atoms with van der Waals surface area (Å²) in [5.41, 5.74) is 1.22. The molecule has 0 atom stereocenters. The van der Waals surface area contributed by atoms with Gasteiger partial charge in [0.1, 0.15) is 11.3 Å². The molecule has 3 aromatic carbocycles. The lowest BCUT2D eigenvalue weighted by atomic mass is 10.1. The molecule has 1 aliphatic heterocycles. The van der Waals surface area contributed by atoms with Gasteiger partial charge in [-0.05, 0) is 72.7 Å². The number of amides is 2. The fourth-order valence-corrected chi connectivity index (χ4v) is 4.43. The molecule has 0 radical (unpaired) electrons. The summed E-state index contributed by atoms with van der Waals surface area (Å²) in [5.74, 6) is -0.477. The Morgan fingerprint density at radius 3 is 2.58 bits per heavy atom. The van der Waals surface area contributed by atoms with Gasteiger partial charge < -0.3 is 25.4 Å². The van der Waals surface area contributed by atoms with Gasteiger partial charge in [0.15, 0.2) is 0 Å². The molecule has 5 rings (SSSR count). The third-order valence-corrected chi connectivity index (χ3v) is 6.51. The molecule has 0 spiro atoms. The number of hydrogen-bond acceptors (Lipinski definition) is 7. The van der Waals surface area contributed by atoms with Crippen LogP contribution in [0.5, 0.6) is 5.75 Å². The van der Waals surface area contributed by atoms with E-state index >= 15 is 0 Å². The molecule has 0 aliphatic carbocycles. The smallest absolute Gasteiger partial charge is 0.419 e. The molecule has 12 heteroatoms. The number of aromatic nitrogens is 2. The molecular weight excluding hydrogens is 587 g/mol. The number of carbonyl (C=O) groups is 2. The van der Waals surface area contributed by atoms with Gasteiger partial charge >= 0.3 is 6.18 Å². The van der Waals surface area contributed by atoms with Crippen LogP contribution in [0.25, 0.3) is 11.3 Å². The number of halogens is 3. The molecule has 9 nitrogen and oxygen atoms in total. The van der Waals surface area contributed by atoms with Crippen LogP contribution < -0.4 is 20.7 Å². The molecule has 0 unspecified atom stereocenters. The lowest BCUT2D eigenvalue weighted by Crippen LogP contribution is -2.13. The SMILES string of the molecule is C=CC(=O)Nc1ccc(C(=O)Nc2cc3cc(c2)Nc2ncc(C(F)(F)F)c(n2)-c2cccc(c2)OCC/C=C/COC3)cc1. The van der Waals surface area contributed by atoms with E-state index in [0.717, 1.165) is 12.3 Å². The molecular formula is C33H28F3N5O4. The van der Waals surface area contributed by atoms with E-state index in [9.17, 15) is 22.8 Å². The standard InChI is InChI=1S/C33H28F3N5O4/c1-2-29(42)38-24-11-9-22(10-12-24)31(43)39-25-15-21-16-26(18-25)40-32-37-19-28(33(34,35)36)30(41-32)23-7-6-8-27(17-23)45-14-5-3-4-13-44-20-21/h2-4,6-12,15-19H,1,5,13-14,20H2,(H,38,42)(H,39,43)(H,37,40,41)/b4-3+. The van der Waals surface area contributed by atoms with E-state index in [-0.39, 0.29) is 29.7 Å². The van der Waals surface area contributed by atoms with Crippen LogP contribution in [-0.4, -0.2) is 35.0 Å². The highest BCUT2D eigenvalue weighted by molar-refractivity contribution is 6.05. The van der Waals surface area contributed by atoms with Gasteiger partial charge in [0.25, 0.3) is 5.91 Å². The Bertz CT molecular complexity index is 1740. The van der Waals surface area contributed by atoms with Crippen molar-refractivity contribution in [3.05, 3.63) is 114 Å². The van der Waals surface area contributed by atoms with E-state index in [1.807, 2.05) is 12.2 Å². The lowest BCUT2D eigenvalue weighted by Gasteiger charge is -2.16. The number of nitrogens with one attached hydrogen (secondary N) is 3. The summed E-state index contributed by atoms with van der Waals surface area (Å²) in [6, 6.07) is 17.6. The van der Waals surface area contributed by atoms with Crippen LogP contribution >= 0.6 is 0 Å². The lowest BCUT2D eigenvalue weighted by molar-refractivity contribution is -0.137. The summed E-state index contributed by atoms with van der Waals surface area (Å²) in [7, 11) is 0. The van der Waals surface area contributed by atoms with Crippen LogP contribution in [0.1, 0.15) is 27.9 Å². The molecule has 45 heavy (non-hydrogen) atoms. The van der Waals surface area contributed by atoms with E-state index in [1.165, 1.54) is 12.1 Å². The summed E-state index contributed by atoms with van der Waals surface area (Å²) in [4.78, 5) is 32.8. The normalized spacial score (nSPS) is 14.0. The van der Waals surface area contributed by atoms with Crippen LogP contribution in [-0.2, 0) is 22.3 Å². The summed E-state index contributed by atoms with van der Waals surface area (Å²) in [6.07, 6.45) is 1.48. The average molecular weight is 616 g/mol. The van der Waals surface area contributed by atoms with Crippen molar-refractivity contribution in [1.82, 2.24) is 9.97 Å². The molecule has 3 N–H and O–H groups in total. The van der Waals surface area contributed by atoms with Crippen molar-refractivity contribution in [2.75, 3.05) is 29.2 Å². The summed E-state index contributed by atoms with van der Waals surface area (Å²) in [5, 5.41) is 8.41. The largest absolute Gasteiger partial charge is 0.493 e. The van der Waals surface area contributed by atoms with E-state index < -0.39 is 17.6 Å². The highest BCUT2D eigenvalue weighted by Crippen LogP contribution is 2.37. The molecule has 0 fully saturated rings. The molecule has 0 saturated carbocycles. The molecule has 6 bridgehead atoms. The Morgan fingerprint density at radius 1 is 0.978 bits per heavy atom. The van der Waals surface area contributed by atoms with Gasteiger partial charge in [-0.15, -0.1) is 0 Å². The van der Waals surface area contributed by atoms with Gasteiger partial charge in [0.2, 0.25) is 11.9 Å². The fourth-order valence-electron chi connectivity index (χ4n) is 4.43. The maximum Gasteiger partial charge on any atom is 0.419 e. The Hall–Kier alpha value is -5.49. The number of anilines is 4. The van der Waals surface area contributed by atoms with E-state index in [0.29, 0.717) is 53.6 Å². The second kappa shape index (κ2) is 13.9. The first kappa shape index (κ1) is 31.0. The van der Waals surface area contributed by atoms with Gasteiger partial charge in [0.05, 0.1) is 25.5 Å². The van der Waals surface area contributed by atoms with Crippen LogP contribution in [0, 0.1) is 0 Å². The van der Waals surface area contributed by atoms with Crippen molar-refractivity contribution in [3.8, 4) is 17.0 Å². The minimum atomic E-state index is -4.70. The van der Waals surface area contributed by atoms with Crippen molar-refractivity contribution in [1.29, 1.82) is 0 Å². The van der Waals surface area contributed by atoms with Crippen LogP contribution in [0.4, 0.5) is 36.2 Å². The number of fused-ring (bicyclic) bond motifs is 7. The molecule has 2 amide bonds. The zero-order chi connectivity index (χ0) is 31.8. The molecule has 1 aliphatic rings. The average Bonchev–Trinajstić information content (AvgIpc) is 3.01. The fraction of sp³-hybridized carbons (Fsp3) is 0.152. The van der Waals surface area contributed by atoms with Gasteiger partial charge in [0, 0.05) is 34.4 Å². The monoisotopic (exact) mass is 615 g/mol. The summed E-state index contributed by atoms with van der Waals surface area (Å²) >= 11 is 0. The third kappa shape index (κ3) is 8.33. The molecule has 1 aromatic heterocycles. The number of rotatable bonds is 4. The van der Waals surface area contributed by atoms with Crippen molar-refractivity contribution in [2.24, 2.45) is 0 Å². The van der Waals surface area contributed by atoms with Crippen LogP contribution in [0.2, 0.25) is 0 Å². The van der Waals surface area contributed by atoms with Crippen LogP contribution in [0.3, 0.4) is 0 Å². The quantitative estimate of drug-likeness (QED) is 0.165. The number of alkyl halides is 3. The summed E-state index contributed by atoms with van der Waals surface area (Å²) in [6.45, 7) is 4.24. The van der Waals surface area contributed by atoms with Crippen molar-refractivity contribution < 1.29 is 32.2 Å². The summed E-state index contributed by atoms with van der Waals surface area (Å²) < 4.78 is 53.5. The van der Waals surface area contributed by atoms with Gasteiger partial charge in [-0.2, -0.15) is 13.2 Å². The first-order valence-electron chi connectivity index (χ1n) is 13.8. The maximum atomic E-state index is 14.0. The Morgan fingerprint density at radius 2 is 1.80 bits per heavy atom. The number of benzene rings is 3. The Labute approximate surface area is 256 Å².